The molecule has 1 aliphatic rings. The third kappa shape index (κ3) is 3.55. The van der Waals surface area contributed by atoms with Crippen LogP contribution in [0.4, 0.5) is 0 Å². The second kappa shape index (κ2) is 7.30. The molecule has 0 saturated heterocycles. The van der Waals surface area contributed by atoms with Gasteiger partial charge in [0.2, 0.25) is 0 Å². The van der Waals surface area contributed by atoms with E-state index in [1.807, 2.05) is 37.4 Å². The molecule has 2 heterocycles. The van der Waals surface area contributed by atoms with Crippen molar-refractivity contribution in [1.82, 2.24) is 15.0 Å². The molecule has 0 spiro atoms. The number of hydrogen-bond acceptors (Lipinski definition) is 6. The van der Waals surface area contributed by atoms with E-state index < -0.39 is 0 Å². The van der Waals surface area contributed by atoms with Crippen LogP contribution < -0.4 is 10.3 Å². The predicted molar refractivity (Wildman–Crippen MR) is 115 cm³/mol. The molecule has 4 rings (SSSR count). The van der Waals surface area contributed by atoms with E-state index in [-0.39, 0.29) is 16.8 Å². The highest BCUT2D eigenvalue weighted by Crippen LogP contribution is 2.40. The van der Waals surface area contributed by atoms with Crippen LogP contribution in [-0.4, -0.2) is 33.6 Å². The molecule has 1 aromatic carbocycles. The Kier molecular flexibility index (Phi) is 4.94. The number of ketones is 1. The van der Waals surface area contributed by atoms with Crippen molar-refractivity contribution in [3.05, 3.63) is 45.9 Å². The van der Waals surface area contributed by atoms with Gasteiger partial charge >= 0.3 is 0 Å². The van der Waals surface area contributed by atoms with Crippen LogP contribution in [-0.2, 0) is 6.42 Å². The lowest BCUT2D eigenvalue weighted by Gasteiger charge is -2.31. The fourth-order valence-corrected chi connectivity index (χ4v) is 4.31. The summed E-state index contributed by atoms with van der Waals surface area (Å²) < 4.78 is 5.54. The standard InChI is InChI=1S/C22H23N3O3S/c1-5-28-13-8-6-12(7-9-13)16-17-14(10-22(2,3)11-15(17)26)23-19-18(16)20(27)25-21(24-19)29-4/h6-9H,5,10-11H2,1-4H3,(H,23,24,25,27). The molecule has 3 aromatic rings. The molecule has 2 aromatic heterocycles. The number of nitrogens with one attached hydrogen (secondary N) is 1. The Balaban J connectivity index is 2.06. The zero-order valence-electron chi connectivity index (χ0n) is 17.0. The van der Waals surface area contributed by atoms with Gasteiger partial charge in [-0.05, 0) is 42.7 Å². The summed E-state index contributed by atoms with van der Waals surface area (Å²) >= 11 is 1.35. The number of hydrogen-bond donors (Lipinski definition) is 1. The highest BCUT2D eigenvalue weighted by molar-refractivity contribution is 7.98. The van der Waals surface area contributed by atoms with Crippen LogP contribution in [0.3, 0.4) is 0 Å². The number of pyridine rings is 1. The van der Waals surface area contributed by atoms with Crippen molar-refractivity contribution >= 4 is 28.6 Å². The Morgan fingerprint density at radius 1 is 1.10 bits per heavy atom. The fraction of sp³-hybridized carbons (Fsp3) is 0.364. The number of aromatic nitrogens is 3. The van der Waals surface area contributed by atoms with Crippen molar-refractivity contribution in [2.24, 2.45) is 5.41 Å². The largest absolute Gasteiger partial charge is 0.494 e. The molecule has 0 saturated carbocycles. The topological polar surface area (TPSA) is 84.9 Å². The Hall–Kier alpha value is -2.67. The number of carbonyl (C=O) groups excluding carboxylic acids is 1. The highest BCUT2D eigenvalue weighted by atomic mass is 32.2. The first-order chi connectivity index (χ1) is 13.8. The molecule has 6 nitrogen and oxygen atoms in total. The van der Waals surface area contributed by atoms with E-state index in [1.165, 1.54) is 11.8 Å². The number of Topliss-reactive ketones (excluding diaryl/α,β-unsaturated/α-hetero) is 1. The van der Waals surface area contributed by atoms with Gasteiger partial charge in [0, 0.05) is 17.5 Å². The number of benzene rings is 1. The molecule has 7 heteroatoms. The van der Waals surface area contributed by atoms with Crippen LogP contribution in [0.25, 0.3) is 22.2 Å². The van der Waals surface area contributed by atoms with Crippen LogP contribution >= 0.6 is 11.8 Å². The first-order valence-electron chi connectivity index (χ1n) is 9.60. The number of nitrogens with zero attached hydrogens (tertiary/aromatic N) is 2. The number of H-pyrrole nitrogens is 1. The Morgan fingerprint density at radius 2 is 1.83 bits per heavy atom. The number of thioether (sulfide) groups is 1. The maximum atomic E-state index is 13.1. The summed E-state index contributed by atoms with van der Waals surface area (Å²) in [6, 6.07) is 7.48. The quantitative estimate of drug-likeness (QED) is 0.512. The van der Waals surface area contributed by atoms with Crippen molar-refractivity contribution in [2.45, 2.75) is 38.8 Å². The molecule has 1 N–H and O–H groups in total. The SMILES string of the molecule is CCOc1ccc(-c2c3c(nc4nc(SC)[nH]c(=O)c24)CC(C)(C)CC3=O)cc1. The van der Waals surface area contributed by atoms with E-state index in [0.29, 0.717) is 52.5 Å². The van der Waals surface area contributed by atoms with Crippen LogP contribution in [0.1, 0.15) is 43.2 Å². The van der Waals surface area contributed by atoms with E-state index >= 15 is 0 Å². The van der Waals surface area contributed by atoms with Gasteiger partial charge in [0.25, 0.3) is 5.56 Å². The molecule has 0 unspecified atom stereocenters. The van der Waals surface area contributed by atoms with E-state index in [9.17, 15) is 9.59 Å². The van der Waals surface area contributed by atoms with E-state index in [1.54, 1.807) is 0 Å². The van der Waals surface area contributed by atoms with Gasteiger partial charge in [0.15, 0.2) is 16.6 Å². The summed E-state index contributed by atoms with van der Waals surface area (Å²) in [6.45, 7) is 6.63. The molecule has 0 radical (unpaired) electrons. The molecule has 1 aliphatic carbocycles. The molecular weight excluding hydrogens is 386 g/mol. The zero-order valence-corrected chi connectivity index (χ0v) is 17.8. The molecule has 0 aliphatic heterocycles. The molecule has 0 atom stereocenters. The van der Waals surface area contributed by atoms with Crippen molar-refractivity contribution in [3.8, 4) is 16.9 Å². The summed E-state index contributed by atoms with van der Waals surface area (Å²) in [5.41, 5.74) is 2.59. The predicted octanol–water partition coefficient (Wildman–Crippen LogP) is 4.26. The monoisotopic (exact) mass is 409 g/mol. The lowest BCUT2D eigenvalue weighted by molar-refractivity contribution is 0.0911. The highest BCUT2D eigenvalue weighted by Gasteiger charge is 2.35. The van der Waals surface area contributed by atoms with Gasteiger partial charge in [-0.3, -0.25) is 9.59 Å². The number of fused-ring (bicyclic) bond motifs is 2. The van der Waals surface area contributed by atoms with Crippen LogP contribution in [0, 0.1) is 5.41 Å². The van der Waals surface area contributed by atoms with Gasteiger partial charge in [0.1, 0.15) is 5.75 Å². The average Bonchev–Trinajstić information content (AvgIpc) is 2.66. The van der Waals surface area contributed by atoms with Crippen molar-refractivity contribution < 1.29 is 9.53 Å². The normalized spacial score (nSPS) is 15.4. The lowest BCUT2D eigenvalue weighted by atomic mass is 9.73. The third-order valence-electron chi connectivity index (χ3n) is 5.12. The van der Waals surface area contributed by atoms with Gasteiger partial charge in [-0.25, -0.2) is 9.97 Å². The van der Waals surface area contributed by atoms with E-state index in [0.717, 1.165) is 11.3 Å². The molecular formula is C22H23N3O3S. The van der Waals surface area contributed by atoms with Crippen molar-refractivity contribution in [2.75, 3.05) is 12.9 Å². The number of aromatic amines is 1. The maximum absolute atomic E-state index is 13.1. The number of carbonyl (C=O) groups is 1. The van der Waals surface area contributed by atoms with Crippen molar-refractivity contribution in [1.29, 1.82) is 0 Å². The van der Waals surface area contributed by atoms with Gasteiger partial charge < -0.3 is 9.72 Å². The van der Waals surface area contributed by atoms with Crippen LogP contribution in [0.2, 0.25) is 0 Å². The summed E-state index contributed by atoms with van der Waals surface area (Å²) in [4.78, 5) is 38.1. The fourth-order valence-electron chi connectivity index (χ4n) is 3.94. The minimum Gasteiger partial charge on any atom is -0.494 e. The summed E-state index contributed by atoms with van der Waals surface area (Å²) in [5.74, 6) is 0.760. The lowest BCUT2D eigenvalue weighted by Crippen LogP contribution is -2.29. The minimum absolute atomic E-state index is 0.0166. The van der Waals surface area contributed by atoms with Crippen LogP contribution in [0.5, 0.6) is 5.75 Å². The molecule has 150 valence electrons. The first-order valence-corrected chi connectivity index (χ1v) is 10.8. The minimum atomic E-state index is -0.281. The average molecular weight is 410 g/mol. The molecule has 0 bridgehead atoms. The Bertz CT molecular complexity index is 1170. The third-order valence-corrected chi connectivity index (χ3v) is 5.70. The smallest absolute Gasteiger partial charge is 0.261 e. The first kappa shape index (κ1) is 19.6. The summed E-state index contributed by atoms with van der Waals surface area (Å²) in [7, 11) is 0. The number of rotatable bonds is 4. The van der Waals surface area contributed by atoms with Gasteiger partial charge in [-0.15, -0.1) is 0 Å². The van der Waals surface area contributed by atoms with Gasteiger partial charge in [0.05, 0.1) is 17.7 Å². The summed E-state index contributed by atoms with van der Waals surface area (Å²) in [6.07, 6.45) is 2.94. The number of ether oxygens (including phenoxy) is 1. The molecule has 29 heavy (non-hydrogen) atoms. The van der Waals surface area contributed by atoms with E-state index in [2.05, 4.69) is 28.8 Å². The molecule has 0 amide bonds. The molecule has 0 fully saturated rings. The second-order valence-electron chi connectivity index (χ2n) is 7.98. The maximum Gasteiger partial charge on any atom is 0.261 e. The van der Waals surface area contributed by atoms with Crippen LogP contribution in [0.15, 0.2) is 34.2 Å². The Morgan fingerprint density at radius 3 is 2.48 bits per heavy atom. The second-order valence-corrected chi connectivity index (χ2v) is 8.78. The van der Waals surface area contributed by atoms with Gasteiger partial charge in [-0.2, -0.15) is 0 Å². The van der Waals surface area contributed by atoms with Gasteiger partial charge in [-0.1, -0.05) is 37.7 Å². The summed E-state index contributed by atoms with van der Waals surface area (Å²) in [5, 5.41) is 0.868. The Labute approximate surface area is 173 Å². The zero-order chi connectivity index (χ0) is 20.8. The van der Waals surface area contributed by atoms with Crippen molar-refractivity contribution in [3.63, 3.8) is 0 Å². The van der Waals surface area contributed by atoms with E-state index in [4.69, 9.17) is 4.74 Å².